The van der Waals surface area contributed by atoms with Gasteiger partial charge in [-0.25, -0.2) is 0 Å². The van der Waals surface area contributed by atoms with Gasteiger partial charge < -0.3 is 18.9 Å². The SMILES string of the molecule is CCOC(CO[C@@H](C)C/C=C\COCc1ccccc1)OCC. The Morgan fingerprint density at radius 2 is 1.65 bits per heavy atom. The molecule has 0 N–H and O–H groups in total. The maximum Gasteiger partial charge on any atom is 0.180 e. The van der Waals surface area contributed by atoms with Gasteiger partial charge in [0.25, 0.3) is 0 Å². The lowest BCUT2D eigenvalue weighted by atomic mass is 10.2. The Morgan fingerprint density at radius 1 is 0.957 bits per heavy atom. The van der Waals surface area contributed by atoms with E-state index in [4.69, 9.17) is 18.9 Å². The molecule has 0 aliphatic heterocycles. The Kier molecular flexibility index (Phi) is 11.4. The Hall–Kier alpha value is -1.20. The molecule has 1 rings (SSSR count). The second-order valence-corrected chi connectivity index (χ2v) is 5.19. The fourth-order valence-electron chi connectivity index (χ4n) is 2.00. The standard InChI is InChI=1S/C19H30O4/c1-4-21-19(22-5-2)16-23-17(3)11-9-10-14-20-15-18-12-7-6-8-13-18/h6-10,12-13,17,19H,4-5,11,14-16H2,1-3H3/b10-9-/t17-/m0/s1. The number of hydrogen-bond donors (Lipinski definition) is 0. The number of hydrogen-bond acceptors (Lipinski definition) is 4. The van der Waals surface area contributed by atoms with Crippen LogP contribution in [0.5, 0.6) is 0 Å². The molecule has 0 unspecified atom stereocenters. The molecule has 0 aliphatic carbocycles. The molecular weight excluding hydrogens is 292 g/mol. The highest BCUT2D eigenvalue weighted by molar-refractivity contribution is 5.13. The summed E-state index contributed by atoms with van der Waals surface area (Å²) in [6.07, 6.45) is 4.83. The predicted molar refractivity (Wildman–Crippen MR) is 92.3 cm³/mol. The summed E-state index contributed by atoms with van der Waals surface area (Å²) in [5, 5.41) is 0. The molecule has 0 bridgehead atoms. The van der Waals surface area contributed by atoms with Crippen molar-refractivity contribution in [2.45, 2.75) is 46.2 Å². The molecule has 0 saturated carbocycles. The molecule has 1 atom stereocenters. The van der Waals surface area contributed by atoms with Crippen LogP contribution in [0.15, 0.2) is 42.5 Å². The van der Waals surface area contributed by atoms with Gasteiger partial charge in [-0.15, -0.1) is 0 Å². The minimum Gasteiger partial charge on any atom is -0.373 e. The van der Waals surface area contributed by atoms with Gasteiger partial charge in [-0.2, -0.15) is 0 Å². The van der Waals surface area contributed by atoms with E-state index in [1.54, 1.807) is 0 Å². The van der Waals surface area contributed by atoms with Crippen molar-refractivity contribution in [3.05, 3.63) is 48.0 Å². The molecular formula is C19H30O4. The van der Waals surface area contributed by atoms with Crippen molar-refractivity contribution >= 4 is 0 Å². The predicted octanol–water partition coefficient (Wildman–Crippen LogP) is 3.95. The van der Waals surface area contributed by atoms with Gasteiger partial charge in [-0.3, -0.25) is 0 Å². The van der Waals surface area contributed by atoms with E-state index in [-0.39, 0.29) is 12.4 Å². The minimum absolute atomic E-state index is 0.129. The van der Waals surface area contributed by atoms with Crippen molar-refractivity contribution in [3.63, 3.8) is 0 Å². The first-order valence-corrected chi connectivity index (χ1v) is 8.37. The van der Waals surface area contributed by atoms with Gasteiger partial charge in [0.15, 0.2) is 6.29 Å². The lowest BCUT2D eigenvalue weighted by Crippen LogP contribution is -2.25. The van der Waals surface area contributed by atoms with Crippen LogP contribution in [-0.4, -0.2) is 38.8 Å². The lowest BCUT2D eigenvalue weighted by Gasteiger charge is -2.19. The zero-order valence-electron chi connectivity index (χ0n) is 14.6. The first kappa shape index (κ1) is 19.8. The molecule has 1 aromatic rings. The zero-order chi connectivity index (χ0) is 16.8. The summed E-state index contributed by atoms with van der Waals surface area (Å²) in [5.41, 5.74) is 1.19. The van der Waals surface area contributed by atoms with Crippen molar-refractivity contribution in [2.24, 2.45) is 0 Å². The van der Waals surface area contributed by atoms with Crippen molar-refractivity contribution in [1.82, 2.24) is 0 Å². The number of ether oxygens (including phenoxy) is 4. The van der Waals surface area contributed by atoms with Crippen LogP contribution >= 0.6 is 0 Å². The van der Waals surface area contributed by atoms with Crippen molar-refractivity contribution in [3.8, 4) is 0 Å². The van der Waals surface area contributed by atoms with Crippen LogP contribution < -0.4 is 0 Å². The summed E-state index contributed by atoms with van der Waals surface area (Å²) >= 11 is 0. The van der Waals surface area contributed by atoms with Crippen LogP contribution in [0.1, 0.15) is 32.8 Å². The molecule has 0 spiro atoms. The molecule has 0 amide bonds. The van der Waals surface area contributed by atoms with E-state index >= 15 is 0 Å². The second-order valence-electron chi connectivity index (χ2n) is 5.19. The fourth-order valence-corrected chi connectivity index (χ4v) is 2.00. The van der Waals surface area contributed by atoms with Gasteiger partial charge in [0.2, 0.25) is 0 Å². The van der Waals surface area contributed by atoms with Gasteiger partial charge in [0.1, 0.15) is 0 Å². The average Bonchev–Trinajstić information content (AvgIpc) is 2.57. The average molecular weight is 322 g/mol. The zero-order valence-corrected chi connectivity index (χ0v) is 14.6. The van der Waals surface area contributed by atoms with Crippen molar-refractivity contribution in [2.75, 3.05) is 26.4 Å². The van der Waals surface area contributed by atoms with Gasteiger partial charge in [0, 0.05) is 13.2 Å². The summed E-state index contributed by atoms with van der Waals surface area (Å²) in [5.74, 6) is 0. The third-order valence-corrected chi connectivity index (χ3v) is 3.18. The lowest BCUT2D eigenvalue weighted by molar-refractivity contribution is -0.174. The van der Waals surface area contributed by atoms with Gasteiger partial charge in [-0.05, 0) is 32.8 Å². The van der Waals surface area contributed by atoms with Crippen LogP contribution in [0.4, 0.5) is 0 Å². The Bertz CT molecular complexity index is 399. The quantitative estimate of drug-likeness (QED) is 0.313. The van der Waals surface area contributed by atoms with E-state index in [1.807, 2.05) is 45.0 Å². The molecule has 1 aromatic carbocycles. The smallest absolute Gasteiger partial charge is 0.180 e. The van der Waals surface area contributed by atoms with Crippen LogP contribution in [0.3, 0.4) is 0 Å². The first-order valence-electron chi connectivity index (χ1n) is 8.37. The van der Waals surface area contributed by atoms with Crippen LogP contribution in [-0.2, 0) is 25.6 Å². The third kappa shape index (κ3) is 10.2. The van der Waals surface area contributed by atoms with E-state index in [2.05, 4.69) is 18.2 Å². The monoisotopic (exact) mass is 322 g/mol. The summed E-state index contributed by atoms with van der Waals surface area (Å²) in [6.45, 7) is 8.92. The molecule has 0 heterocycles. The molecule has 0 aliphatic rings. The molecule has 4 nitrogen and oxygen atoms in total. The van der Waals surface area contributed by atoms with Gasteiger partial charge in [0.05, 0.1) is 25.9 Å². The van der Waals surface area contributed by atoms with Gasteiger partial charge >= 0.3 is 0 Å². The Labute approximate surface area is 140 Å². The topological polar surface area (TPSA) is 36.9 Å². The maximum absolute atomic E-state index is 5.74. The van der Waals surface area contributed by atoms with E-state index in [0.717, 1.165) is 6.42 Å². The highest BCUT2D eigenvalue weighted by atomic mass is 16.7. The molecule has 0 fully saturated rings. The Balaban J connectivity index is 2.08. The molecule has 4 heteroatoms. The molecule has 0 aromatic heterocycles. The van der Waals surface area contributed by atoms with E-state index in [9.17, 15) is 0 Å². The summed E-state index contributed by atoms with van der Waals surface area (Å²) < 4.78 is 22.2. The Morgan fingerprint density at radius 3 is 2.30 bits per heavy atom. The molecule has 0 radical (unpaired) electrons. The fraction of sp³-hybridized carbons (Fsp3) is 0.579. The maximum atomic E-state index is 5.74. The third-order valence-electron chi connectivity index (χ3n) is 3.18. The van der Waals surface area contributed by atoms with Crippen molar-refractivity contribution in [1.29, 1.82) is 0 Å². The largest absolute Gasteiger partial charge is 0.373 e. The number of rotatable bonds is 13. The van der Waals surface area contributed by atoms with E-state index in [1.165, 1.54) is 5.56 Å². The van der Waals surface area contributed by atoms with E-state index < -0.39 is 0 Å². The van der Waals surface area contributed by atoms with Crippen LogP contribution in [0.2, 0.25) is 0 Å². The highest BCUT2D eigenvalue weighted by Gasteiger charge is 2.10. The van der Waals surface area contributed by atoms with Gasteiger partial charge in [-0.1, -0.05) is 42.5 Å². The van der Waals surface area contributed by atoms with Crippen LogP contribution in [0, 0.1) is 0 Å². The highest BCUT2D eigenvalue weighted by Crippen LogP contribution is 2.04. The second kappa shape index (κ2) is 13.3. The summed E-state index contributed by atoms with van der Waals surface area (Å²) in [7, 11) is 0. The molecule has 0 saturated heterocycles. The normalized spacial score (nSPS) is 13.0. The van der Waals surface area contributed by atoms with Crippen LogP contribution in [0.25, 0.3) is 0 Å². The molecule has 23 heavy (non-hydrogen) atoms. The number of benzene rings is 1. The van der Waals surface area contributed by atoms with Crippen molar-refractivity contribution < 1.29 is 18.9 Å². The first-order chi connectivity index (χ1) is 11.3. The summed E-state index contributed by atoms with van der Waals surface area (Å²) in [6, 6.07) is 10.2. The van der Waals surface area contributed by atoms with E-state index in [0.29, 0.717) is 33.0 Å². The minimum atomic E-state index is -0.273. The molecule has 130 valence electrons. The summed E-state index contributed by atoms with van der Waals surface area (Å²) in [4.78, 5) is 0.